The zero-order valence-electron chi connectivity index (χ0n) is 10.8. The number of ether oxygens (including phenoxy) is 1. The summed E-state index contributed by atoms with van der Waals surface area (Å²) in [7, 11) is -2.06. The highest BCUT2D eigenvalue weighted by Gasteiger charge is 2.13. The van der Waals surface area contributed by atoms with Crippen LogP contribution in [-0.4, -0.2) is 15.5 Å². The summed E-state index contributed by atoms with van der Waals surface area (Å²) >= 11 is 6.06. The number of methoxy groups -OCH3 is 1. The van der Waals surface area contributed by atoms with Crippen molar-refractivity contribution >= 4 is 26.5 Å². The van der Waals surface area contributed by atoms with Gasteiger partial charge in [-0.2, -0.15) is 0 Å². The summed E-state index contributed by atoms with van der Waals surface area (Å²) in [5.74, 6) is 0.599. The van der Waals surface area contributed by atoms with E-state index in [1.165, 1.54) is 19.2 Å². The third kappa shape index (κ3) is 3.40. The van der Waals surface area contributed by atoms with Gasteiger partial charge in [0.2, 0.25) is 9.84 Å². The van der Waals surface area contributed by atoms with Crippen LogP contribution >= 0.6 is 11.6 Å². The van der Waals surface area contributed by atoms with Gasteiger partial charge in [-0.15, -0.1) is 0 Å². The molecular formula is C15H13ClO3S. The summed E-state index contributed by atoms with van der Waals surface area (Å²) in [6.45, 7) is 0. The zero-order valence-corrected chi connectivity index (χ0v) is 12.4. The molecule has 0 aliphatic rings. The fourth-order valence-corrected chi connectivity index (χ4v) is 3.17. The molecule has 104 valence electrons. The van der Waals surface area contributed by atoms with Crippen LogP contribution in [0, 0.1) is 0 Å². The van der Waals surface area contributed by atoms with Crippen molar-refractivity contribution in [2.75, 3.05) is 7.11 Å². The first-order valence-electron chi connectivity index (χ1n) is 5.85. The number of halogens is 1. The second-order valence-corrected chi connectivity index (χ2v) is 6.26. The van der Waals surface area contributed by atoms with E-state index in [2.05, 4.69) is 0 Å². The van der Waals surface area contributed by atoms with Gasteiger partial charge in [0.15, 0.2) is 0 Å². The van der Waals surface area contributed by atoms with Crippen LogP contribution in [0.4, 0.5) is 0 Å². The van der Waals surface area contributed by atoms with Gasteiger partial charge in [-0.25, -0.2) is 8.42 Å². The van der Waals surface area contributed by atoms with Crippen molar-refractivity contribution in [2.24, 2.45) is 0 Å². The highest BCUT2D eigenvalue weighted by atomic mass is 35.5. The topological polar surface area (TPSA) is 43.4 Å². The fourth-order valence-electron chi connectivity index (χ4n) is 1.64. The molecule has 5 heteroatoms. The molecule has 0 saturated heterocycles. The first-order valence-corrected chi connectivity index (χ1v) is 7.77. The molecule has 0 fully saturated rings. The second kappa shape index (κ2) is 6.11. The molecule has 0 atom stereocenters. The van der Waals surface area contributed by atoms with Gasteiger partial charge in [0.1, 0.15) is 5.75 Å². The lowest BCUT2D eigenvalue weighted by Crippen LogP contribution is -1.97. The molecule has 2 aromatic rings. The molecule has 20 heavy (non-hydrogen) atoms. The van der Waals surface area contributed by atoms with E-state index in [4.69, 9.17) is 16.3 Å². The Bertz CT molecular complexity index is 705. The molecule has 3 nitrogen and oxygen atoms in total. The van der Waals surface area contributed by atoms with Crippen LogP contribution in [0.15, 0.2) is 64.9 Å². The molecule has 0 radical (unpaired) electrons. The summed E-state index contributed by atoms with van der Waals surface area (Å²) in [6.07, 6.45) is 0. The normalized spacial score (nSPS) is 12.2. The van der Waals surface area contributed by atoms with Crippen molar-refractivity contribution < 1.29 is 13.2 Å². The zero-order chi connectivity index (χ0) is 14.6. The summed E-state index contributed by atoms with van der Waals surface area (Å²) in [4.78, 5) is 0.174. The summed E-state index contributed by atoms with van der Waals surface area (Å²) < 4.78 is 29.4. The third-order valence-electron chi connectivity index (χ3n) is 2.70. The molecule has 2 aromatic carbocycles. The molecule has 0 N–H and O–H groups in total. The Kier molecular flexibility index (Phi) is 4.47. The van der Waals surface area contributed by atoms with Gasteiger partial charge in [0, 0.05) is 0 Å². The maximum atomic E-state index is 12.2. The monoisotopic (exact) mass is 308 g/mol. The highest BCUT2D eigenvalue weighted by Crippen LogP contribution is 2.24. The van der Waals surface area contributed by atoms with Crippen LogP contribution in [0.1, 0.15) is 5.56 Å². The van der Waals surface area contributed by atoms with E-state index in [0.717, 1.165) is 5.41 Å². The average Bonchev–Trinajstić information content (AvgIpc) is 2.48. The quantitative estimate of drug-likeness (QED) is 0.865. The maximum absolute atomic E-state index is 12.2. The Morgan fingerprint density at radius 3 is 2.20 bits per heavy atom. The molecule has 0 aliphatic carbocycles. The van der Waals surface area contributed by atoms with Crippen LogP contribution in [0.2, 0.25) is 0 Å². The molecular weight excluding hydrogens is 296 g/mol. The van der Waals surface area contributed by atoms with Crippen LogP contribution in [0.25, 0.3) is 5.03 Å². The van der Waals surface area contributed by atoms with Crippen LogP contribution < -0.4 is 4.74 Å². The molecule has 0 saturated carbocycles. The van der Waals surface area contributed by atoms with E-state index >= 15 is 0 Å². The molecule has 0 heterocycles. The molecule has 2 rings (SSSR count). The minimum absolute atomic E-state index is 0.174. The molecule has 0 aliphatic heterocycles. The van der Waals surface area contributed by atoms with Gasteiger partial charge < -0.3 is 4.74 Å². The largest absolute Gasteiger partial charge is 0.497 e. The van der Waals surface area contributed by atoms with Gasteiger partial charge in [0.25, 0.3) is 0 Å². The van der Waals surface area contributed by atoms with Gasteiger partial charge in [0.05, 0.1) is 22.4 Å². The lowest BCUT2D eigenvalue weighted by atomic mass is 10.2. The van der Waals surface area contributed by atoms with Crippen LogP contribution in [0.3, 0.4) is 0 Å². The van der Waals surface area contributed by atoms with Gasteiger partial charge in [-0.1, -0.05) is 41.9 Å². The van der Waals surface area contributed by atoms with Crippen molar-refractivity contribution in [3.8, 4) is 5.75 Å². The van der Waals surface area contributed by atoms with Gasteiger partial charge >= 0.3 is 0 Å². The average molecular weight is 309 g/mol. The standard InChI is InChI=1S/C15H13ClO3S/c1-19-13-7-9-14(10-8-13)20(17,18)11-15(16)12-5-3-2-4-6-12/h2-11H,1H3/b15-11-. The molecule has 0 bridgehead atoms. The van der Waals surface area contributed by atoms with E-state index in [9.17, 15) is 8.42 Å². The van der Waals surface area contributed by atoms with Crippen molar-refractivity contribution in [1.29, 1.82) is 0 Å². The fraction of sp³-hybridized carbons (Fsp3) is 0.0667. The van der Waals surface area contributed by atoms with E-state index in [0.29, 0.717) is 11.3 Å². The van der Waals surface area contributed by atoms with Gasteiger partial charge in [-0.05, 0) is 29.8 Å². The number of hydrogen-bond donors (Lipinski definition) is 0. The van der Waals surface area contributed by atoms with Crippen LogP contribution in [-0.2, 0) is 9.84 Å². The number of hydrogen-bond acceptors (Lipinski definition) is 3. The highest BCUT2D eigenvalue weighted by molar-refractivity contribution is 7.94. The Hall–Kier alpha value is -1.78. The van der Waals surface area contributed by atoms with E-state index in [1.54, 1.807) is 36.4 Å². The number of benzene rings is 2. The summed E-state index contributed by atoms with van der Waals surface area (Å²) in [6, 6.07) is 15.1. The number of rotatable bonds is 4. The first kappa shape index (κ1) is 14.6. The van der Waals surface area contributed by atoms with Crippen molar-refractivity contribution in [1.82, 2.24) is 0 Å². The Morgan fingerprint density at radius 2 is 1.65 bits per heavy atom. The van der Waals surface area contributed by atoms with Gasteiger partial charge in [-0.3, -0.25) is 0 Å². The predicted molar refractivity (Wildman–Crippen MR) is 80.5 cm³/mol. The minimum Gasteiger partial charge on any atom is -0.497 e. The maximum Gasteiger partial charge on any atom is 0.201 e. The lowest BCUT2D eigenvalue weighted by molar-refractivity contribution is 0.414. The van der Waals surface area contributed by atoms with E-state index in [-0.39, 0.29) is 9.93 Å². The second-order valence-electron chi connectivity index (χ2n) is 4.05. The predicted octanol–water partition coefficient (Wildman–Crippen LogP) is 3.71. The Morgan fingerprint density at radius 1 is 1.05 bits per heavy atom. The molecule has 0 aromatic heterocycles. The van der Waals surface area contributed by atoms with Crippen molar-refractivity contribution in [3.05, 3.63) is 65.6 Å². The first-order chi connectivity index (χ1) is 9.53. The van der Waals surface area contributed by atoms with Crippen molar-refractivity contribution in [3.63, 3.8) is 0 Å². The molecule has 0 amide bonds. The van der Waals surface area contributed by atoms with Crippen molar-refractivity contribution in [2.45, 2.75) is 4.90 Å². The summed E-state index contributed by atoms with van der Waals surface area (Å²) in [5.41, 5.74) is 0.659. The lowest BCUT2D eigenvalue weighted by Gasteiger charge is -2.03. The number of sulfone groups is 1. The Balaban J connectivity index is 2.35. The third-order valence-corrected chi connectivity index (χ3v) is 4.63. The summed E-state index contributed by atoms with van der Waals surface area (Å²) in [5, 5.41) is 1.24. The molecule has 0 unspecified atom stereocenters. The molecule has 0 spiro atoms. The Labute approximate surface area is 123 Å². The van der Waals surface area contributed by atoms with E-state index in [1.807, 2.05) is 6.07 Å². The SMILES string of the molecule is COc1ccc(S(=O)(=O)/C=C(\Cl)c2ccccc2)cc1. The minimum atomic E-state index is -3.58. The van der Waals surface area contributed by atoms with Crippen LogP contribution in [0.5, 0.6) is 5.75 Å². The van der Waals surface area contributed by atoms with E-state index < -0.39 is 9.84 Å². The smallest absolute Gasteiger partial charge is 0.201 e.